The molecular weight excluding hydrogens is 519 g/mol. The van der Waals surface area contributed by atoms with Crippen molar-refractivity contribution in [3.05, 3.63) is 83.7 Å². The van der Waals surface area contributed by atoms with Gasteiger partial charge in [0, 0.05) is 18.7 Å². The van der Waals surface area contributed by atoms with E-state index < -0.39 is 23.7 Å². The lowest BCUT2D eigenvalue weighted by atomic mass is 9.98. The molecule has 210 valence electrons. The summed E-state index contributed by atoms with van der Waals surface area (Å²) in [5.74, 6) is -1.60. The zero-order valence-corrected chi connectivity index (χ0v) is 22.9. The van der Waals surface area contributed by atoms with Gasteiger partial charge in [-0.2, -0.15) is 13.2 Å². The molecular formula is C31H32F3N3O3. The number of amides is 1. The van der Waals surface area contributed by atoms with Crippen LogP contribution in [0.2, 0.25) is 0 Å². The van der Waals surface area contributed by atoms with E-state index in [4.69, 9.17) is 9.72 Å². The van der Waals surface area contributed by atoms with E-state index in [0.717, 1.165) is 35.4 Å². The van der Waals surface area contributed by atoms with Gasteiger partial charge >= 0.3 is 18.1 Å². The molecule has 1 aromatic heterocycles. The number of benzene rings is 3. The number of esters is 1. The Balaban J connectivity index is 1.65. The minimum atomic E-state index is -4.98. The number of alkyl halides is 3. The van der Waals surface area contributed by atoms with E-state index in [2.05, 4.69) is 6.92 Å². The molecule has 0 unspecified atom stereocenters. The lowest BCUT2D eigenvalue weighted by Gasteiger charge is -2.20. The van der Waals surface area contributed by atoms with Crippen LogP contribution in [-0.4, -0.2) is 33.2 Å². The Morgan fingerprint density at radius 3 is 2.33 bits per heavy atom. The molecule has 1 amide bonds. The highest BCUT2D eigenvalue weighted by Gasteiger charge is 2.38. The molecule has 4 aromatic rings. The first-order valence-electron chi connectivity index (χ1n) is 13.1. The Morgan fingerprint density at radius 2 is 1.68 bits per heavy atom. The molecule has 0 aliphatic carbocycles. The van der Waals surface area contributed by atoms with E-state index >= 15 is 0 Å². The molecule has 40 heavy (non-hydrogen) atoms. The number of carbonyl (C=O) groups excluding carboxylic acids is 2. The topological polar surface area (TPSA) is 73.2 Å². The molecule has 1 N–H and O–H groups in total. The van der Waals surface area contributed by atoms with Crippen LogP contribution in [-0.2, 0) is 22.5 Å². The van der Waals surface area contributed by atoms with Gasteiger partial charge in [-0.25, -0.2) is 9.78 Å². The third-order valence-corrected chi connectivity index (χ3v) is 6.25. The molecule has 9 heteroatoms. The number of aromatic nitrogens is 2. The summed E-state index contributed by atoms with van der Waals surface area (Å²) in [6, 6.07) is 19.6. The molecule has 0 atom stereocenters. The molecule has 0 fully saturated rings. The number of fused-ring (bicyclic) bond motifs is 1. The predicted molar refractivity (Wildman–Crippen MR) is 149 cm³/mol. The maximum atomic E-state index is 12.8. The fourth-order valence-electron chi connectivity index (χ4n) is 4.37. The monoisotopic (exact) mass is 551 g/mol. The van der Waals surface area contributed by atoms with E-state index in [9.17, 15) is 22.8 Å². The minimum absolute atomic E-state index is 0.0483. The number of aryl methyl sites for hydroxylation is 1. The van der Waals surface area contributed by atoms with Crippen LogP contribution in [0.15, 0.2) is 66.7 Å². The second-order valence-corrected chi connectivity index (χ2v) is 10.6. The van der Waals surface area contributed by atoms with E-state index in [0.29, 0.717) is 29.6 Å². The van der Waals surface area contributed by atoms with Gasteiger partial charge < -0.3 is 14.6 Å². The number of nitrogens with zero attached hydrogens (tertiary/aromatic N) is 2. The van der Waals surface area contributed by atoms with Crippen LogP contribution in [0.5, 0.6) is 0 Å². The second-order valence-electron chi connectivity index (χ2n) is 10.6. The van der Waals surface area contributed by atoms with Gasteiger partial charge in [-0.15, -0.1) is 0 Å². The molecule has 1 heterocycles. The molecule has 3 aromatic carbocycles. The zero-order chi connectivity index (χ0) is 29.1. The maximum absolute atomic E-state index is 12.8. The summed E-state index contributed by atoms with van der Waals surface area (Å²) in [4.78, 5) is 29.0. The minimum Gasteiger partial charge on any atom is -0.456 e. The van der Waals surface area contributed by atoms with E-state index in [1.807, 2.05) is 67.1 Å². The van der Waals surface area contributed by atoms with Crippen LogP contribution >= 0.6 is 0 Å². The summed E-state index contributed by atoms with van der Waals surface area (Å²) in [5, 5.41) is 1.93. The van der Waals surface area contributed by atoms with Crippen LogP contribution in [0, 0.1) is 0 Å². The highest BCUT2D eigenvalue weighted by molar-refractivity contribution is 5.98. The number of anilines is 1. The fourth-order valence-corrected chi connectivity index (χ4v) is 4.37. The van der Waals surface area contributed by atoms with Crippen molar-refractivity contribution < 1.29 is 27.5 Å². The number of imidazole rings is 1. The van der Waals surface area contributed by atoms with Crippen molar-refractivity contribution in [3.63, 3.8) is 0 Å². The SMILES string of the molecule is CCCCc1nc2ccc(NC(=O)C(F)(F)F)cc2n1Cc1ccc(-c2ccccc2C(=O)OC(C)(C)C)cc1. The molecule has 0 spiro atoms. The van der Waals surface area contributed by atoms with Gasteiger partial charge in [-0.05, 0) is 68.1 Å². The van der Waals surface area contributed by atoms with Crippen molar-refractivity contribution in [3.8, 4) is 11.1 Å². The largest absolute Gasteiger partial charge is 0.471 e. The van der Waals surface area contributed by atoms with E-state index in [1.165, 1.54) is 12.1 Å². The highest BCUT2D eigenvalue weighted by atomic mass is 19.4. The summed E-state index contributed by atoms with van der Waals surface area (Å²) in [6.07, 6.45) is -2.41. The summed E-state index contributed by atoms with van der Waals surface area (Å²) in [6.45, 7) is 7.98. The van der Waals surface area contributed by atoms with Gasteiger partial charge in [-0.3, -0.25) is 4.79 Å². The highest BCUT2D eigenvalue weighted by Crippen LogP contribution is 2.28. The van der Waals surface area contributed by atoms with E-state index in [1.54, 1.807) is 18.2 Å². The molecule has 0 bridgehead atoms. The Morgan fingerprint density at radius 1 is 0.975 bits per heavy atom. The third kappa shape index (κ3) is 6.89. The number of rotatable bonds is 8. The summed E-state index contributed by atoms with van der Waals surface area (Å²) < 4.78 is 46.0. The fraction of sp³-hybridized carbons (Fsp3) is 0.323. The van der Waals surface area contributed by atoms with Gasteiger partial charge in [0.2, 0.25) is 0 Å². The third-order valence-electron chi connectivity index (χ3n) is 6.25. The van der Waals surface area contributed by atoms with Crippen molar-refractivity contribution in [2.45, 2.75) is 65.3 Å². The van der Waals surface area contributed by atoms with Crippen LogP contribution in [0.3, 0.4) is 0 Å². The van der Waals surface area contributed by atoms with Crippen molar-refractivity contribution in [2.24, 2.45) is 0 Å². The molecule has 4 rings (SSSR count). The summed E-state index contributed by atoms with van der Waals surface area (Å²) in [7, 11) is 0. The van der Waals surface area contributed by atoms with Crippen molar-refractivity contribution in [2.75, 3.05) is 5.32 Å². The van der Waals surface area contributed by atoms with Crippen LogP contribution in [0.1, 0.15) is 62.3 Å². The molecule has 0 aliphatic rings. The Hall–Kier alpha value is -4.14. The standard InChI is InChI=1S/C31H32F3N3O3/c1-5-6-11-27-36-25-17-16-22(35-29(39)31(32,33)34)18-26(25)37(27)19-20-12-14-21(15-13-20)23-9-7-8-10-24(23)28(38)40-30(2,3)4/h7-10,12-18H,5-6,11,19H2,1-4H3,(H,35,39). The molecule has 0 radical (unpaired) electrons. The number of carbonyl (C=O) groups is 2. The zero-order valence-electron chi connectivity index (χ0n) is 22.9. The summed E-state index contributed by atoms with van der Waals surface area (Å²) >= 11 is 0. The number of nitrogens with one attached hydrogen (secondary N) is 1. The van der Waals surface area contributed by atoms with E-state index in [-0.39, 0.29) is 5.69 Å². The van der Waals surface area contributed by atoms with Gasteiger partial charge in [-0.1, -0.05) is 55.8 Å². The molecule has 0 saturated heterocycles. The van der Waals surface area contributed by atoms with Gasteiger partial charge in [0.15, 0.2) is 0 Å². The van der Waals surface area contributed by atoms with Crippen molar-refractivity contribution in [1.82, 2.24) is 9.55 Å². The first kappa shape index (κ1) is 28.9. The quantitative estimate of drug-likeness (QED) is 0.230. The number of unbranched alkanes of at least 4 members (excludes halogenated alkanes) is 1. The van der Waals surface area contributed by atoms with Crippen molar-refractivity contribution in [1.29, 1.82) is 0 Å². The smallest absolute Gasteiger partial charge is 0.456 e. The summed E-state index contributed by atoms with van der Waals surface area (Å²) in [5.41, 5.74) is 3.72. The maximum Gasteiger partial charge on any atom is 0.471 e. The lowest BCUT2D eigenvalue weighted by molar-refractivity contribution is -0.167. The van der Waals surface area contributed by atoms with Crippen LogP contribution in [0.25, 0.3) is 22.2 Å². The van der Waals surface area contributed by atoms with Gasteiger partial charge in [0.1, 0.15) is 11.4 Å². The molecule has 0 aliphatic heterocycles. The number of halogens is 3. The first-order valence-corrected chi connectivity index (χ1v) is 13.1. The predicted octanol–water partition coefficient (Wildman–Crippen LogP) is 7.55. The molecule has 0 saturated carbocycles. The Kier molecular flexibility index (Phi) is 8.32. The Bertz CT molecular complexity index is 1520. The average Bonchev–Trinajstić information content (AvgIpc) is 3.22. The van der Waals surface area contributed by atoms with Crippen molar-refractivity contribution >= 4 is 28.6 Å². The van der Waals surface area contributed by atoms with Gasteiger partial charge in [0.25, 0.3) is 0 Å². The normalized spacial score (nSPS) is 12.0. The van der Waals surface area contributed by atoms with Crippen LogP contribution in [0.4, 0.5) is 18.9 Å². The number of hydrogen-bond acceptors (Lipinski definition) is 4. The second kappa shape index (κ2) is 11.5. The average molecular weight is 552 g/mol. The van der Waals surface area contributed by atoms with Crippen LogP contribution < -0.4 is 5.32 Å². The molecule has 6 nitrogen and oxygen atoms in total. The number of ether oxygens (including phenoxy) is 1. The van der Waals surface area contributed by atoms with Gasteiger partial charge in [0.05, 0.1) is 16.6 Å². The first-order chi connectivity index (χ1) is 18.9. The lowest BCUT2D eigenvalue weighted by Crippen LogP contribution is -2.29. The Labute approximate surface area is 231 Å². The number of hydrogen-bond donors (Lipinski definition) is 1.